The van der Waals surface area contributed by atoms with Gasteiger partial charge in [0.15, 0.2) is 5.69 Å². The highest BCUT2D eigenvalue weighted by molar-refractivity contribution is 7.90. The van der Waals surface area contributed by atoms with E-state index in [-0.39, 0.29) is 16.3 Å². The molecule has 14 nitrogen and oxygen atoms in total. The molecule has 50 heavy (non-hydrogen) atoms. The Balaban J connectivity index is 1.01. The second-order valence-electron chi connectivity index (χ2n) is 11.4. The van der Waals surface area contributed by atoms with Gasteiger partial charge >= 0.3 is 18.2 Å². The average molecular weight is 717 g/mol. The van der Waals surface area contributed by atoms with E-state index in [0.717, 1.165) is 33.5 Å². The van der Waals surface area contributed by atoms with Crippen molar-refractivity contribution in [1.82, 2.24) is 24.5 Å². The minimum Gasteiger partial charge on any atom is -0.445 e. The Morgan fingerprint density at radius 2 is 1.64 bits per heavy atom. The normalized spacial score (nSPS) is 14.7. The van der Waals surface area contributed by atoms with Crippen molar-refractivity contribution in [2.45, 2.75) is 50.2 Å². The number of carbonyl (C=O) groups excluding carboxylic acids is 2. The summed E-state index contributed by atoms with van der Waals surface area (Å²) < 4.78 is 85.3. The highest BCUT2D eigenvalue weighted by Gasteiger charge is 2.35. The highest BCUT2D eigenvalue weighted by Crippen LogP contribution is 2.33. The third kappa shape index (κ3) is 7.96. The van der Waals surface area contributed by atoms with Gasteiger partial charge in [-0.1, -0.05) is 48.0 Å². The molecule has 5 aromatic rings. The van der Waals surface area contributed by atoms with Crippen LogP contribution in [0.2, 0.25) is 0 Å². The lowest BCUT2D eigenvalue weighted by atomic mass is 10.1. The molecule has 0 spiro atoms. The monoisotopic (exact) mass is 716 g/mol. The van der Waals surface area contributed by atoms with Gasteiger partial charge in [0.05, 0.1) is 21.8 Å². The molecule has 0 aliphatic carbocycles. The molecular formula is C32H31F3N6O8S. The minimum atomic E-state index is -4.70. The average Bonchev–Trinajstić information content (AvgIpc) is 3.68. The van der Waals surface area contributed by atoms with Gasteiger partial charge in [0.25, 0.3) is 16.3 Å². The van der Waals surface area contributed by atoms with Crippen molar-refractivity contribution in [2.24, 2.45) is 0 Å². The zero-order valence-corrected chi connectivity index (χ0v) is 27.4. The van der Waals surface area contributed by atoms with Gasteiger partial charge in [0.2, 0.25) is 0 Å². The van der Waals surface area contributed by atoms with Crippen LogP contribution in [0.4, 0.5) is 18.0 Å². The first-order chi connectivity index (χ1) is 23.8. The Morgan fingerprint density at radius 3 is 2.28 bits per heavy atom. The van der Waals surface area contributed by atoms with Gasteiger partial charge in [-0.3, -0.25) is 5.01 Å². The summed E-state index contributed by atoms with van der Waals surface area (Å²) in [7, 11) is -4.39. The highest BCUT2D eigenvalue weighted by atomic mass is 32.2. The lowest BCUT2D eigenvalue weighted by Gasteiger charge is -2.28. The van der Waals surface area contributed by atoms with Crippen LogP contribution in [0.25, 0.3) is 16.9 Å². The summed E-state index contributed by atoms with van der Waals surface area (Å²) in [6, 6.07) is 21.0. The number of alkyl halides is 3. The summed E-state index contributed by atoms with van der Waals surface area (Å²) in [5.74, 6) is -0.563. The van der Waals surface area contributed by atoms with Crippen molar-refractivity contribution >= 4 is 22.1 Å². The molecule has 1 amide bonds. The van der Waals surface area contributed by atoms with E-state index in [4.69, 9.17) is 18.9 Å². The molecule has 0 radical (unpaired) electrons. The van der Waals surface area contributed by atoms with Crippen molar-refractivity contribution in [3.8, 4) is 16.9 Å². The van der Waals surface area contributed by atoms with E-state index in [2.05, 4.69) is 5.10 Å². The molecule has 2 aromatic heterocycles. The summed E-state index contributed by atoms with van der Waals surface area (Å²) in [4.78, 5) is 31.2. The summed E-state index contributed by atoms with van der Waals surface area (Å²) in [5.41, 5.74) is 0.989. The standard InChI is InChI=1S/C32H31F3N6O8S/c1-21-8-10-23(11-9-21)28-20-29(32(33,34)35)36-39(28)25-12-14-27(15-13-25)50(44,45)37-31(43)47-26-16-18-38(19-17-26)40-41(49-40)48-22(2)46-30(42)24-6-4-3-5-7-24/h3-15,20,22,26H,16-19H2,1-2H3,(H,37,43). The smallest absolute Gasteiger partial charge is 0.435 e. The molecule has 1 N–H and O–H groups in total. The molecule has 3 heterocycles. The van der Waals surface area contributed by atoms with Crippen LogP contribution in [0, 0.1) is 6.92 Å². The lowest BCUT2D eigenvalue weighted by Crippen LogP contribution is -2.44. The third-order valence-electron chi connectivity index (χ3n) is 7.67. The Morgan fingerprint density at radius 1 is 0.980 bits per heavy atom. The van der Waals surface area contributed by atoms with Gasteiger partial charge in [-0.15, -0.1) is 0 Å². The van der Waals surface area contributed by atoms with E-state index >= 15 is 0 Å². The fourth-order valence-electron chi connectivity index (χ4n) is 5.09. The van der Waals surface area contributed by atoms with E-state index in [1.807, 2.05) is 11.6 Å². The van der Waals surface area contributed by atoms with Gasteiger partial charge in [-0.2, -0.15) is 22.9 Å². The Kier molecular flexibility index (Phi) is 9.37. The van der Waals surface area contributed by atoms with Crippen molar-refractivity contribution in [3.05, 3.63) is 102 Å². The number of amides is 1. The number of rotatable bonds is 10. The summed E-state index contributed by atoms with van der Waals surface area (Å²) in [6.45, 7) is 4.09. The Bertz CT molecular complexity index is 2040. The van der Waals surface area contributed by atoms with Crippen LogP contribution < -0.4 is 14.6 Å². The summed E-state index contributed by atoms with van der Waals surface area (Å²) >= 11 is 0. The molecule has 1 aliphatic heterocycles. The third-order valence-corrected chi connectivity index (χ3v) is 9.00. The number of hydrogen-bond donors (Lipinski definition) is 1. The predicted molar refractivity (Wildman–Crippen MR) is 169 cm³/mol. The summed E-state index contributed by atoms with van der Waals surface area (Å²) in [5, 5.41) is 6.49. The molecule has 18 heteroatoms. The Hall–Kier alpha value is -5.65. The van der Waals surface area contributed by atoms with Gasteiger partial charge < -0.3 is 14.3 Å². The summed E-state index contributed by atoms with van der Waals surface area (Å²) in [6.07, 6.45) is -6.78. The maximum absolute atomic E-state index is 13.5. The zero-order valence-electron chi connectivity index (χ0n) is 26.6. The number of ether oxygens (including phenoxy) is 2. The molecule has 1 fully saturated rings. The fraction of sp³-hybridized carbons (Fsp3) is 0.281. The van der Waals surface area contributed by atoms with Gasteiger partial charge in [0.1, 0.15) is 11.1 Å². The molecule has 1 aliphatic rings. The molecule has 1 saturated heterocycles. The quantitative estimate of drug-likeness (QED) is 0.156. The van der Waals surface area contributed by atoms with E-state index in [1.54, 1.807) is 59.6 Å². The number of aromatic nitrogens is 4. The number of aryl methyl sites for hydroxylation is 1. The van der Waals surface area contributed by atoms with E-state index in [9.17, 15) is 31.2 Å². The topological polar surface area (TPSA) is 152 Å². The number of halogens is 3. The van der Waals surface area contributed by atoms with Crippen LogP contribution in [0.5, 0.6) is 0 Å². The van der Waals surface area contributed by atoms with E-state index < -0.39 is 46.4 Å². The van der Waals surface area contributed by atoms with Crippen LogP contribution in [0.3, 0.4) is 0 Å². The zero-order chi connectivity index (χ0) is 35.6. The minimum absolute atomic E-state index is 0.157. The maximum Gasteiger partial charge on any atom is 0.435 e. The van der Waals surface area contributed by atoms with Crippen LogP contribution in [0.15, 0.2) is 94.5 Å². The molecule has 1 atom stereocenters. The first-order valence-electron chi connectivity index (χ1n) is 15.3. The van der Waals surface area contributed by atoms with Crippen LogP contribution >= 0.6 is 0 Å². The van der Waals surface area contributed by atoms with Crippen molar-refractivity contribution in [1.29, 1.82) is 0 Å². The molecule has 264 valence electrons. The lowest BCUT2D eigenvalue weighted by molar-refractivity contribution is -0.141. The molecule has 0 bridgehead atoms. The number of piperidine rings is 1. The number of esters is 1. The van der Waals surface area contributed by atoms with Crippen LogP contribution in [-0.4, -0.2) is 65.7 Å². The first-order valence-corrected chi connectivity index (χ1v) is 16.8. The van der Waals surface area contributed by atoms with Gasteiger partial charge in [0, 0.05) is 43.4 Å². The Labute approximate surface area is 283 Å². The number of hydrogen-bond acceptors (Lipinski definition) is 10. The van der Waals surface area contributed by atoms with E-state index in [1.165, 1.54) is 24.0 Å². The fourth-order valence-corrected chi connectivity index (χ4v) is 5.97. The second-order valence-corrected chi connectivity index (χ2v) is 13.0. The van der Waals surface area contributed by atoms with Crippen molar-refractivity contribution in [3.63, 3.8) is 0 Å². The molecule has 0 saturated carbocycles. The number of carbonyl (C=O) groups is 2. The van der Waals surface area contributed by atoms with Gasteiger partial charge in [-0.05, 0) is 49.4 Å². The number of sulfonamides is 1. The van der Waals surface area contributed by atoms with Crippen molar-refractivity contribution in [2.75, 3.05) is 18.1 Å². The SMILES string of the molecule is Cc1ccc(-c2cc(C(F)(F)F)nn2-c2ccc(S(=O)(=O)NC(=O)OC3CCN(n4on4OC(C)OC(=O)c4ccccc4)CC3)cc2)cc1. The van der Waals surface area contributed by atoms with Crippen LogP contribution in [0.1, 0.15) is 41.4 Å². The molecule has 6 rings (SSSR count). The number of benzene rings is 3. The predicted octanol–water partition coefficient (Wildman–Crippen LogP) is 4.91. The first kappa shape index (κ1) is 34.2. The largest absolute Gasteiger partial charge is 0.445 e. The molecule has 3 aromatic carbocycles. The number of nitrogens with zero attached hydrogens (tertiary/aromatic N) is 5. The van der Waals surface area contributed by atoms with Crippen molar-refractivity contribution < 1.29 is 50.1 Å². The second kappa shape index (κ2) is 13.7. The van der Waals surface area contributed by atoms with Gasteiger partial charge in [-0.25, -0.2) is 27.4 Å². The maximum atomic E-state index is 13.5. The molecule has 1 unspecified atom stereocenters. The molecular weight excluding hydrogens is 685 g/mol. The number of nitrogens with one attached hydrogen (secondary N) is 1. The van der Waals surface area contributed by atoms with E-state index in [0.29, 0.717) is 37.1 Å². The van der Waals surface area contributed by atoms with Crippen LogP contribution in [-0.2, 0) is 25.7 Å².